The van der Waals surface area contributed by atoms with Gasteiger partial charge in [0, 0.05) is 24.6 Å². The minimum atomic E-state index is 0.0822. The summed E-state index contributed by atoms with van der Waals surface area (Å²) in [6, 6.07) is 10.2. The normalized spacial score (nSPS) is 17.5. The van der Waals surface area contributed by atoms with Gasteiger partial charge in [0.15, 0.2) is 0 Å². The number of aryl methyl sites for hydroxylation is 1. The van der Waals surface area contributed by atoms with E-state index in [0.717, 1.165) is 37.1 Å². The third-order valence-electron chi connectivity index (χ3n) is 3.91. The minimum absolute atomic E-state index is 0.0822. The number of aromatic nitrogens is 2. The number of H-pyrrole nitrogens is 1. The summed E-state index contributed by atoms with van der Waals surface area (Å²) in [5.74, 6) is 0.250. The topological polar surface area (TPSA) is 57.8 Å². The molecular formula is C16H19N3O. The molecule has 1 aliphatic carbocycles. The lowest BCUT2D eigenvalue weighted by Gasteiger charge is -2.20. The average Bonchev–Trinajstić information content (AvgIpc) is 2.95. The lowest BCUT2D eigenvalue weighted by molar-refractivity contribution is -0.125. The van der Waals surface area contributed by atoms with Crippen molar-refractivity contribution in [2.45, 2.75) is 25.7 Å². The number of fused-ring (bicyclic) bond motifs is 1. The molecule has 0 saturated carbocycles. The second-order valence-corrected chi connectivity index (χ2v) is 5.29. The molecule has 4 heteroatoms. The number of benzene rings is 1. The van der Waals surface area contributed by atoms with Crippen molar-refractivity contribution >= 4 is 5.91 Å². The molecule has 1 unspecified atom stereocenters. The zero-order chi connectivity index (χ0) is 13.8. The predicted octanol–water partition coefficient (Wildman–Crippen LogP) is 1.87. The second kappa shape index (κ2) is 5.90. The third kappa shape index (κ3) is 2.90. The van der Waals surface area contributed by atoms with Crippen molar-refractivity contribution in [3.05, 3.63) is 53.6 Å². The molecule has 3 rings (SSSR count). The fraction of sp³-hybridized carbons (Fsp3) is 0.375. The zero-order valence-electron chi connectivity index (χ0n) is 11.4. The fourth-order valence-corrected chi connectivity index (χ4v) is 2.74. The van der Waals surface area contributed by atoms with Gasteiger partial charge in [0.1, 0.15) is 0 Å². The molecule has 2 N–H and O–H groups in total. The lowest BCUT2D eigenvalue weighted by Crippen LogP contribution is -2.35. The van der Waals surface area contributed by atoms with Gasteiger partial charge in [-0.3, -0.25) is 4.79 Å². The molecule has 0 radical (unpaired) electrons. The van der Waals surface area contributed by atoms with Crippen LogP contribution in [-0.4, -0.2) is 22.4 Å². The number of nitrogens with zero attached hydrogens (tertiary/aromatic N) is 1. The van der Waals surface area contributed by atoms with Gasteiger partial charge >= 0.3 is 0 Å². The molecule has 0 spiro atoms. The Morgan fingerprint density at radius 2 is 2.20 bits per heavy atom. The molecule has 1 heterocycles. The number of rotatable bonds is 4. The van der Waals surface area contributed by atoms with E-state index in [1.54, 1.807) is 6.33 Å². The smallest absolute Gasteiger partial charge is 0.223 e. The van der Waals surface area contributed by atoms with Crippen molar-refractivity contribution in [3.63, 3.8) is 0 Å². The number of aromatic amines is 1. The molecule has 4 nitrogen and oxygen atoms in total. The molecule has 1 aliphatic rings. The summed E-state index contributed by atoms with van der Waals surface area (Å²) in [5.41, 5.74) is 3.50. The summed E-state index contributed by atoms with van der Waals surface area (Å²) in [5, 5.41) is 3.05. The van der Waals surface area contributed by atoms with E-state index in [2.05, 4.69) is 27.4 Å². The third-order valence-corrected chi connectivity index (χ3v) is 3.91. The zero-order valence-corrected chi connectivity index (χ0v) is 11.4. The van der Waals surface area contributed by atoms with Crippen LogP contribution in [0.25, 0.3) is 0 Å². The molecule has 1 aromatic carbocycles. The van der Waals surface area contributed by atoms with E-state index in [0.29, 0.717) is 6.54 Å². The molecule has 0 fully saturated rings. The van der Waals surface area contributed by atoms with Gasteiger partial charge in [-0.05, 0) is 24.8 Å². The van der Waals surface area contributed by atoms with Gasteiger partial charge < -0.3 is 10.3 Å². The monoisotopic (exact) mass is 269 g/mol. The van der Waals surface area contributed by atoms with E-state index in [4.69, 9.17) is 0 Å². The number of hydrogen-bond acceptors (Lipinski definition) is 2. The Kier molecular flexibility index (Phi) is 3.81. The number of imidazole rings is 1. The van der Waals surface area contributed by atoms with Crippen molar-refractivity contribution in [1.82, 2.24) is 15.3 Å². The first-order valence-corrected chi connectivity index (χ1v) is 7.15. The number of hydrogen-bond donors (Lipinski definition) is 2. The van der Waals surface area contributed by atoms with Gasteiger partial charge in [0.25, 0.3) is 0 Å². The van der Waals surface area contributed by atoms with E-state index in [1.165, 1.54) is 5.56 Å². The van der Waals surface area contributed by atoms with Crippen molar-refractivity contribution in [3.8, 4) is 0 Å². The lowest BCUT2D eigenvalue weighted by atomic mass is 9.89. The van der Waals surface area contributed by atoms with Crippen molar-refractivity contribution in [2.75, 3.05) is 6.54 Å². The Labute approximate surface area is 118 Å². The highest BCUT2D eigenvalue weighted by Gasteiger charge is 2.25. The maximum Gasteiger partial charge on any atom is 0.223 e. The van der Waals surface area contributed by atoms with Gasteiger partial charge in [-0.2, -0.15) is 0 Å². The Morgan fingerprint density at radius 1 is 1.35 bits per heavy atom. The Hall–Kier alpha value is -2.10. The Balaban J connectivity index is 1.48. The van der Waals surface area contributed by atoms with Gasteiger partial charge in [-0.25, -0.2) is 4.98 Å². The molecule has 1 aromatic heterocycles. The molecule has 2 aromatic rings. The molecule has 0 saturated heterocycles. The summed E-state index contributed by atoms with van der Waals surface area (Å²) in [4.78, 5) is 19.6. The van der Waals surface area contributed by atoms with Gasteiger partial charge in [-0.1, -0.05) is 30.3 Å². The van der Waals surface area contributed by atoms with E-state index >= 15 is 0 Å². The summed E-state index contributed by atoms with van der Waals surface area (Å²) in [6.07, 6.45) is 5.19. The van der Waals surface area contributed by atoms with Crippen LogP contribution in [-0.2, 0) is 24.1 Å². The molecule has 1 amide bonds. The molecule has 0 aliphatic heterocycles. The van der Waals surface area contributed by atoms with Crippen LogP contribution >= 0.6 is 0 Å². The molecule has 0 bridgehead atoms. The van der Waals surface area contributed by atoms with Crippen molar-refractivity contribution in [2.24, 2.45) is 5.92 Å². The quantitative estimate of drug-likeness (QED) is 0.890. The Bertz CT molecular complexity index is 576. The average molecular weight is 269 g/mol. The van der Waals surface area contributed by atoms with Crippen LogP contribution in [0.4, 0.5) is 0 Å². The molecule has 104 valence electrons. The summed E-state index contributed by atoms with van der Waals surface area (Å²) >= 11 is 0. The highest BCUT2D eigenvalue weighted by Crippen LogP contribution is 2.22. The number of nitrogens with one attached hydrogen (secondary N) is 2. The maximum atomic E-state index is 12.2. The van der Waals surface area contributed by atoms with Crippen molar-refractivity contribution in [1.29, 1.82) is 0 Å². The first kappa shape index (κ1) is 12.9. The molecular weight excluding hydrogens is 250 g/mol. The summed E-state index contributed by atoms with van der Waals surface area (Å²) < 4.78 is 0. The van der Waals surface area contributed by atoms with E-state index in [1.807, 2.05) is 18.2 Å². The van der Waals surface area contributed by atoms with Crippen LogP contribution in [0.15, 0.2) is 36.7 Å². The fourth-order valence-electron chi connectivity index (χ4n) is 2.74. The number of carbonyl (C=O) groups excluding carboxylic acids is 1. The number of amides is 1. The molecule has 1 atom stereocenters. The van der Waals surface area contributed by atoms with Gasteiger partial charge in [0.2, 0.25) is 5.91 Å². The Morgan fingerprint density at radius 3 is 3.05 bits per heavy atom. The second-order valence-electron chi connectivity index (χ2n) is 5.29. The largest absolute Gasteiger partial charge is 0.356 e. The molecule has 20 heavy (non-hydrogen) atoms. The van der Waals surface area contributed by atoms with Crippen LogP contribution in [0, 0.1) is 5.92 Å². The van der Waals surface area contributed by atoms with Gasteiger partial charge in [0.05, 0.1) is 12.0 Å². The van der Waals surface area contributed by atoms with E-state index in [9.17, 15) is 4.79 Å². The minimum Gasteiger partial charge on any atom is -0.356 e. The van der Waals surface area contributed by atoms with Crippen LogP contribution in [0.5, 0.6) is 0 Å². The standard InChI is InChI=1S/C16H19N3O/c20-16(17-9-8-12-4-2-1-3-5-12)13-6-7-14-15(10-13)19-11-18-14/h1-5,11,13H,6-10H2,(H,17,20)(H,18,19). The van der Waals surface area contributed by atoms with Crippen LogP contribution < -0.4 is 5.32 Å². The predicted molar refractivity (Wildman–Crippen MR) is 77.3 cm³/mol. The number of carbonyl (C=O) groups is 1. The highest BCUT2D eigenvalue weighted by atomic mass is 16.1. The highest BCUT2D eigenvalue weighted by molar-refractivity contribution is 5.79. The van der Waals surface area contributed by atoms with Gasteiger partial charge in [-0.15, -0.1) is 0 Å². The van der Waals surface area contributed by atoms with E-state index < -0.39 is 0 Å². The van der Waals surface area contributed by atoms with Crippen molar-refractivity contribution < 1.29 is 4.79 Å². The summed E-state index contributed by atoms with van der Waals surface area (Å²) in [6.45, 7) is 0.704. The summed E-state index contributed by atoms with van der Waals surface area (Å²) in [7, 11) is 0. The first-order chi connectivity index (χ1) is 9.83. The maximum absolute atomic E-state index is 12.2. The van der Waals surface area contributed by atoms with Crippen LogP contribution in [0.2, 0.25) is 0 Å². The SMILES string of the molecule is O=C(NCCc1ccccc1)C1CCc2nc[nH]c2C1. The van der Waals surface area contributed by atoms with Crippen LogP contribution in [0.1, 0.15) is 23.4 Å². The van der Waals surface area contributed by atoms with E-state index in [-0.39, 0.29) is 11.8 Å². The first-order valence-electron chi connectivity index (χ1n) is 7.15. The van der Waals surface area contributed by atoms with Crippen LogP contribution in [0.3, 0.4) is 0 Å².